The molecule has 0 fully saturated rings. The molecule has 0 amide bonds. The number of anilines is 2. The predicted octanol–water partition coefficient (Wildman–Crippen LogP) is 5.06. The second kappa shape index (κ2) is 8.47. The van der Waals surface area contributed by atoms with Crippen molar-refractivity contribution in [3.05, 3.63) is 63.2 Å². The predicted molar refractivity (Wildman–Crippen MR) is 119 cm³/mol. The van der Waals surface area contributed by atoms with E-state index in [1.807, 2.05) is 0 Å². The zero-order valence-electron chi connectivity index (χ0n) is 18.7. The van der Waals surface area contributed by atoms with Crippen LogP contribution in [0.15, 0.2) is 30.3 Å². The van der Waals surface area contributed by atoms with Crippen molar-refractivity contribution in [2.75, 3.05) is 17.7 Å². The van der Waals surface area contributed by atoms with Crippen LogP contribution < -0.4 is 10.6 Å². The van der Waals surface area contributed by atoms with Gasteiger partial charge in [0.05, 0.1) is 22.0 Å². The lowest BCUT2D eigenvalue weighted by Crippen LogP contribution is -2.41. The molecule has 0 saturated heterocycles. The summed E-state index contributed by atoms with van der Waals surface area (Å²) in [6.45, 7) is 4.98. The topological polar surface area (TPSA) is 113 Å². The fraction of sp³-hybridized carbons (Fsp3) is 0.364. The number of hydrogen-bond acceptors (Lipinski definition) is 7. The van der Waals surface area contributed by atoms with Crippen LogP contribution in [0, 0.1) is 22.9 Å². The Labute approximate surface area is 188 Å². The van der Waals surface area contributed by atoms with Gasteiger partial charge in [-0.3, -0.25) is 10.1 Å². The highest BCUT2D eigenvalue weighted by atomic mass is 19.3. The fourth-order valence-electron chi connectivity index (χ4n) is 3.48. The van der Waals surface area contributed by atoms with E-state index in [1.165, 1.54) is 24.3 Å². The maximum atomic E-state index is 15.2. The molecule has 2 aromatic carbocycles. The Morgan fingerprint density at radius 3 is 2.45 bits per heavy atom. The van der Waals surface area contributed by atoms with Crippen molar-refractivity contribution >= 4 is 28.1 Å². The number of nitrogens with zero attached hydrogens (tertiary/aromatic N) is 3. The molecule has 8 nitrogen and oxygen atoms in total. The highest BCUT2D eigenvalue weighted by Gasteiger charge is 2.49. The molecule has 3 N–H and O–H groups in total. The van der Waals surface area contributed by atoms with E-state index in [0.717, 1.165) is 19.9 Å². The van der Waals surface area contributed by atoms with Gasteiger partial charge >= 0.3 is 5.92 Å². The molecule has 1 heterocycles. The molecule has 0 aliphatic rings. The first kappa shape index (κ1) is 24.2. The van der Waals surface area contributed by atoms with Crippen molar-refractivity contribution in [1.82, 2.24) is 9.97 Å². The van der Waals surface area contributed by atoms with Crippen LogP contribution in [-0.2, 0) is 5.92 Å². The molecule has 0 bridgehead atoms. The zero-order valence-corrected chi connectivity index (χ0v) is 18.7. The minimum absolute atomic E-state index is 0.0813. The number of nitro groups is 1. The van der Waals surface area contributed by atoms with Crippen LogP contribution in [0.25, 0.3) is 10.9 Å². The van der Waals surface area contributed by atoms with Gasteiger partial charge in [-0.1, -0.05) is 12.1 Å². The minimum Gasteiger partial charge on any atom is -0.384 e. The summed E-state index contributed by atoms with van der Waals surface area (Å²) in [6.07, 6.45) is 0. The van der Waals surface area contributed by atoms with Gasteiger partial charge in [-0.2, -0.15) is 8.78 Å². The second-order valence-electron chi connectivity index (χ2n) is 8.22. The van der Waals surface area contributed by atoms with Gasteiger partial charge in [-0.25, -0.2) is 14.4 Å². The number of benzene rings is 2. The Balaban J connectivity index is 2.09. The summed E-state index contributed by atoms with van der Waals surface area (Å²) in [5.74, 6) is -4.45. The molecule has 1 aromatic heterocycles. The molecule has 0 radical (unpaired) electrons. The van der Waals surface area contributed by atoms with Crippen LogP contribution in [-0.4, -0.2) is 32.6 Å². The first-order valence-corrected chi connectivity index (χ1v) is 10.1. The minimum atomic E-state index is -3.84. The number of fused-ring (bicyclic) bond motifs is 1. The van der Waals surface area contributed by atoms with Gasteiger partial charge in [0.2, 0.25) is 0 Å². The molecular weight excluding hydrogens is 439 g/mol. The summed E-state index contributed by atoms with van der Waals surface area (Å²) in [7, 11) is 1.54. The highest BCUT2D eigenvalue weighted by Crippen LogP contribution is 2.41. The van der Waals surface area contributed by atoms with E-state index in [-0.39, 0.29) is 22.8 Å². The number of aliphatic hydroxyl groups is 1. The molecule has 0 saturated carbocycles. The smallest absolute Gasteiger partial charge is 0.303 e. The number of aryl methyl sites for hydroxylation is 1. The molecule has 0 aliphatic carbocycles. The molecule has 0 aliphatic heterocycles. The summed E-state index contributed by atoms with van der Waals surface area (Å²) < 4.78 is 44.4. The number of alkyl halides is 2. The van der Waals surface area contributed by atoms with Crippen molar-refractivity contribution in [3.63, 3.8) is 0 Å². The van der Waals surface area contributed by atoms with Crippen LogP contribution in [0.4, 0.5) is 30.4 Å². The lowest BCUT2D eigenvalue weighted by molar-refractivity contribution is -0.383. The fourth-order valence-corrected chi connectivity index (χ4v) is 3.48. The number of rotatable bonds is 7. The molecule has 176 valence electrons. The number of halogens is 3. The standard InChI is InChI=1S/C22H24F3N5O3/c1-11(13-7-6-8-15(19(13)23)22(24,25)21(3,4)31)27-20-14-9-18(30(32)33)17(26-5)10-16(14)28-12(2)29-20/h6-11,26,31H,1-5H3,(H,27,28,29). The molecule has 11 heteroatoms. The van der Waals surface area contributed by atoms with E-state index in [0.29, 0.717) is 16.7 Å². The van der Waals surface area contributed by atoms with Crippen LogP contribution in [0.5, 0.6) is 0 Å². The summed E-state index contributed by atoms with van der Waals surface area (Å²) in [5.41, 5.74) is -3.02. The molecule has 3 rings (SSSR count). The van der Waals surface area contributed by atoms with Crippen molar-refractivity contribution in [3.8, 4) is 0 Å². The van der Waals surface area contributed by atoms with Crippen molar-refractivity contribution in [2.45, 2.75) is 45.3 Å². The van der Waals surface area contributed by atoms with E-state index in [1.54, 1.807) is 20.9 Å². The quantitative estimate of drug-likeness (QED) is 0.331. The molecule has 1 atom stereocenters. The normalized spacial score (nSPS) is 13.1. The average molecular weight is 463 g/mol. The van der Waals surface area contributed by atoms with Gasteiger partial charge in [-0.15, -0.1) is 0 Å². The van der Waals surface area contributed by atoms with E-state index >= 15 is 4.39 Å². The maximum Gasteiger partial charge on any atom is 0.303 e. The van der Waals surface area contributed by atoms with Gasteiger partial charge < -0.3 is 15.7 Å². The van der Waals surface area contributed by atoms with Crippen LogP contribution in [0.1, 0.15) is 43.8 Å². The molecule has 1 unspecified atom stereocenters. The van der Waals surface area contributed by atoms with Gasteiger partial charge in [-0.05, 0) is 39.8 Å². The molecular formula is C22H24F3N5O3. The Hall–Kier alpha value is -3.47. The van der Waals surface area contributed by atoms with Crippen LogP contribution in [0.2, 0.25) is 0 Å². The maximum absolute atomic E-state index is 15.2. The Morgan fingerprint density at radius 1 is 1.21 bits per heavy atom. The lowest BCUT2D eigenvalue weighted by atomic mass is 9.91. The Morgan fingerprint density at radius 2 is 1.88 bits per heavy atom. The van der Waals surface area contributed by atoms with E-state index < -0.39 is 33.9 Å². The largest absolute Gasteiger partial charge is 0.384 e. The molecule has 3 aromatic rings. The first-order chi connectivity index (χ1) is 15.3. The van der Waals surface area contributed by atoms with Crippen LogP contribution in [0.3, 0.4) is 0 Å². The third-order valence-electron chi connectivity index (χ3n) is 5.35. The van der Waals surface area contributed by atoms with E-state index in [2.05, 4.69) is 20.6 Å². The van der Waals surface area contributed by atoms with E-state index in [9.17, 15) is 24.0 Å². The lowest BCUT2D eigenvalue weighted by Gasteiger charge is -2.30. The molecule has 33 heavy (non-hydrogen) atoms. The zero-order chi connectivity index (χ0) is 24.7. The number of nitrogens with one attached hydrogen (secondary N) is 2. The van der Waals surface area contributed by atoms with Gasteiger partial charge in [0.15, 0.2) is 0 Å². The van der Waals surface area contributed by atoms with Gasteiger partial charge in [0.1, 0.15) is 28.7 Å². The van der Waals surface area contributed by atoms with Gasteiger partial charge in [0, 0.05) is 24.1 Å². The SMILES string of the molecule is CNc1cc2nc(C)nc(NC(C)c3cccc(C(F)(F)C(C)(C)O)c3F)c2cc1[N+](=O)[O-]. The third-order valence-corrected chi connectivity index (χ3v) is 5.35. The molecule has 0 spiro atoms. The Bertz CT molecular complexity index is 1230. The van der Waals surface area contributed by atoms with Crippen molar-refractivity contribution < 1.29 is 23.2 Å². The highest BCUT2D eigenvalue weighted by molar-refractivity contribution is 5.94. The van der Waals surface area contributed by atoms with Crippen molar-refractivity contribution in [1.29, 1.82) is 0 Å². The number of hydrogen-bond donors (Lipinski definition) is 3. The van der Waals surface area contributed by atoms with Gasteiger partial charge in [0.25, 0.3) is 5.69 Å². The summed E-state index contributed by atoms with van der Waals surface area (Å²) in [4.78, 5) is 19.5. The van der Waals surface area contributed by atoms with E-state index in [4.69, 9.17) is 0 Å². The number of aromatic nitrogens is 2. The average Bonchev–Trinajstić information content (AvgIpc) is 2.71. The summed E-state index contributed by atoms with van der Waals surface area (Å²) in [5, 5.41) is 27.3. The third kappa shape index (κ3) is 4.40. The number of nitro benzene ring substituents is 1. The monoisotopic (exact) mass is 463 g/mol. The van der Waals surface area contributed by atoms with Crippen molar-refractivity contribution in [2.24, 2.45) is 0 Å². The summed E-state index contributed by atoms with van der Waals surface area (Å²) in [6, 6.07) is 5.50. The summed E-state index contributed by atoms with van der Waals surface area (Å²) >= 11 is 0. The Kier molecular flexibility index (Phi) is 6.20. The second-order valence-corrected chi connectivity index (χ2v) is 8.22. The first-order valence-electron chi connectivity index (χ1n) is 10.1. The van der Waals surface area contributed by atoms with Crippen LogP contribution >= 0.6 is 0 Å².